The lowest BCUT2D eigenvalue weighted by Crippen LogP contribution is -2.40. The SMILES string of the molecule is CC(NC(C)c1ccc2c(c1)NC(=O)CO2)C(N)=O. The zero-order valence-corrected chi connectivity index (χ0v) is 10.9. The molecule has 1 aromatic rings. The van der Waals surface area contributed by atoms with Crippen LogP contribution in [0.5, 0.6) is 5.75 Å². The largest absolute Gasteiger partial charge is 0.482 e. The normalized spacial score (nSPS) is 16.8. The molecule has 0 bridgehead atoms. The molecule has 0 aromatic heterocycles. The van der Waals surface area contributed by atoms with E-state index in [1.54, 1.807) is 13.0 Å². The number of hydrogen-bond donors (Lipinski definition) is 3. The first-order valence-corrected chi connectivity index (χ1v) is 6.09. The number of primary amides is 1. The molecule has 0 aliphatic carbocycles. The number of hydrogen-bond acceptors (Lipinski definition) is 4. The maximum absolute atomic E-state index is 11.3. The van der Waals surface area contributed by atoms with Gasteiger partial charge in [-0.15, -0.1) is 0 Å². The number of amides is 2. The number of nitrogens with two attached hydrogens (primary N) is 1. The molecule has 1 heterocycles. The lowest BCUT2D eigenvalue weighted by molar-refractivity contribution is -0.120. The number of fused-ring (bicyclic) bond motifs is 1. The van der Waals surface area contributed by atoms with Gasteiger partial charge in [0.1, 0.15) is 5.75 Å². The summed E-state index contributed by atoms with van der Waals surface area (Å²) < 4.78 is 5.28. The standard InChI is InChI=1S/C13H17N3O3/c1-7(15-8(2)13(14)18)9-3-4-11-10(5-9)16-12(17)6-19-11/h3-5,7-8,15H,6H2,1-2H3,(H2,14,18)(H,16,17). The van der Waals surface area contributed by atoms with Gasteiger partial charge in [0.25, 0.3) is 5.91 Å². The summed E-state index contributed by atoms with van der Waals surface area (Å²) in [4.78, 5) is 22.3. The minimum absolute atomic E-state index is 0.0405. The van der Waals surface area contributed by atoms with Crippen LogP contribution in [-0.4, -0.2) is 24.5 Å². The average molecular weight is 263 g/mol. The third kappa shape index (κ3) is 3.03. The van der Waals surface area contributed by atoms with E-state index in [-0.39, 0.29) is 18.6 Å². The molecule has 6 heteroatoms. The maximum Gasteiger partial charge on any atom is 0.262 e. The Morgan fingerprint density at radius 3 is 2.89 bits per heavy atom. The summed E-state index contributed by atoms with van der Waals surface area (Å²) in [5.74, 6) is 0.0794. The number of ether oxygens (including phenoxy) is 1. The minimum Gasteiger partial charge on any atom is -0.482 e. The Hall–Kier alpha value is -2.08. The van der Waals surface area contributed by atoms with Crippen molar-refractivity contribution < 1.29 is 14.3 Å². The van der Waals surface area contributed by atoms with E-state index in [0.29, 0.717) is 11.4 Å². The number of benzene rings is 1. The van der Waals surface area contributed by atoms with E-state index >= 15 is 0 Å². The summed E-state index contributed by atoms with van der Waals surface area (Å²) >= 11 is 0. The predicted molar refractivity (Wildman–Crippen MR) is 70.8 cm³/mol. The van der Waals surface area contributed by atoms with Crippen molar-refractivity contribution in [1.82, 2.24) is 5.32 Å². The van der Waals surface area contributed by atoms with E-state index in [2.05, 4.69) is 10.6 Å². The third-order valence-electron chi connectivity index (χ3n) is 3.06. The van der Waals surface area contributed by atoms with Crippen molar-refractivity contribution in [3.8, 4) is 5.75 Å². The van der Waals surface area contributed by atoms with Gasteiger partial charge in [-0.3, -0.25) is 14.9 Å². The summed E-state index contributed by atoms with van der Waals surface area (Å²) in [6.45, 7) is 3.67. The van der Waals surface area contributed by atoms with Gasteiger partial charge in [0, 0.05) is 6.04 Å². The molecule has 1 aliphatic rings. The first kappa shape index (κ1) is 13.4. The zero-order chi connectivity index (χ0) is 14.0. The van der Waals surface area contributed by atoms with Crippen LogP contribution in [0.1, 0.15) is 25.5 Å². The molecule has 0 saturated carbocycles. The highest BCUT2D eigenvalue weighted by Crippen LogP contribution is 2.30. The second-order valence-electron chi connectivity index (χ2n) is 4.60. The van der Waals surface area contributed by atoms with Gasteiger partial charge in [-0.05, 0) is 31.5 Å². The first-order valence-electron chi connectivity index (χ1n) is 6.09. The van der Waals surface area contributed by atoms with Crippen molar-refractivity contribution in [1.29, 1.82) is 0 Å². The van der Waals surface area contributed by atoms with E-state index in [4.69, 9.17) is 10.5 Å². The van der Waals surface area contributed by atoms with E-state index in [1.165, 1.54) is 0 Å². The molecule has 102 valence electrons. The van der Waals surface area contributed by atoms with Crippen LogP contribution in [0.4, 0.5) is 5.69 Å². The molecule has 4 N–H and O–H groups in total. The Bertz CT molecular complexity index is 516. The number of carbonyl (C=O) groups is 2. The number of nitrogens with one attached hydrogen (secondary N) is 2. The minimum atomic E-state index is -0.420. The molecule has 0 saturated heterocycles. The fraction of sp³-hybridized carbons (Fsp3) is 0.385. The first-order chi connectivity index (χ1) is 8.97. The zero-order valence-electron chi connectivity index (χ0n) is 10.9. The number of rotatable bonds is 4. The molecule has 0 spiro atoms. The monoisotopic (exact) mass is 263 g/mol. The topological polar surface area (TPSA) is 93.4 Å². The molecule has 6 nitrogen and oxygen atoms in total. The molecule has 0 radical (unpaired) electrons. The van der Waals surface area contributed by atoms with Crippen LogP contribution in [0.2, 0.25) is 0 Å². The number of carbonyl (C=O) groups excluding carboxylic acids is 2. The predicted octanol–water partition coefficient (Wildman–Crippen LogP) is 0.542. The van der Waals surface area contributed by atoms with E-state index in [0.717, 1.165) is 5.56 Å². The van der Waals surface area contributed by atoms with Crippen molar-refractivity contribution >= 4 is 17.5 Å². The van der Waals surface area contributed by atoms with Crippen LogP contribution < -0.4 is 21.1 Å². The number of anilines is 1. The van der Waals surface area contributed by atoms with E-state index in [1.807, 2.05) is 19.1 Å². The quantitative estimate of drug-likeness (QED) is 0.739. The smallest absolute Gasteiger partial charge is 0.262 e. The Morgan fingerprint density at radius 1 is 1.47 bits per heavy atom. The van der Waals surface area contributed by atoms with Crippen LogP contribution >= 0.6 is 0 Å². The Labute approximate surface area is 111 Å². The van der Waals surface area contributed by atoms with Crippen LogP contribution in [0.15, 0.2) is 18.2 Å². The molecular weight excluding hydrogens is 246 g/mol. The maximum atomic E-state index is 11.3. The Kier molecular flexibility index (Phi) is 3.71. The van der Waals surface area contributed by atoms with Crippen LogP contribution in [0.3, 0.4) is 0 Å². The van der Waals surface area contributed by atoms with Gasteiger partial charge < -0.3 is 15.8 Å². The van der Waals surface area contributed by atoms with E-state index in [9.17, 15) is 9.59 Å². The van der Waals surface area contributed by atoms with Gasteiger partial charge in [-0.2, -0.15) is 0 Å². The molecule has 2 rings (SSSR count). The average Bonchev–Trinajstić information content (AvgIpc) is 2.37. The third-order valence-corrected chi connectivity index (χ3v) is 3.06. The molecule has 19 heavy (non-hydrogen) atoms. The van der Waals surface area contributed by atoms with Crippen molar-refractivity contribution in [2.45, 2.75) is 25.9 Å². The highest BCUT2D eigenvalue weighted by atomic mass is 16.5. The van der Waals surface area contributed by atoms with Crippen molar-refractivity contribution in [2.24, 2.45) is 5.73 Å². The highest BCUT2D eigenvalue weighted by Gasteiger charge is 2.18. The fourth-order valence-electron chi connectivity index (χ4n) is 1.92. The molecular formula is C13H17N3O3. The van der Waals surface area contributed by atoms with Crippen molar-refractivity contribution in [3.63, 3.8) is 0 Å². The second-order valence-corrected chi connectivity index (χ2v) is 4.60. The van der Waals surface area contributed by atoms with Gasteiger partial charge in [0.15, 0.2) is 6.61 Å². The van der Waals surface area contributed by atoms with Gasteiger partial charge in [-0.1, -0.05) is 6.07 Å². The van der Waals surface area contributed by atoms with Crippen molar-refractivity contribution in [2.75, 3.05) is 11.9 Å². The molecule has 1 aromatic carbocycles. The van der Waals surface area contributed by atoms with E-state index < -0.39 is 11.9 Å². The lowest BCUT2D eigenvalue weighted by Gasteiger charge is -2.22. The molecule has 2 amide bonds. The summed E-state index contributed by atoms with van der Waals surface area (Å²) in [6.07, 6.45) is 0. The van der Waals surface area contributed by atoms with Crippen LogP contribution in [0.25, 0.3) is 0 Å². The molecule has 1 aliphatic heterocycles. The Balaban J connectivity index is 2.15. The second kappa shape index (κ2) is 5.27. The Morgan fingerprint density at radius 2 is 2.21 bits per heavy atom. The lowest BCUT2D eigenvalue weighted by atomic mass is 10.1. The van der Waals surface area contributed by atoms with Gasteiger partial charge in [0.2, 0.25) is 5.91 Å². The molecule has 2 atom stereocenters. The van der Waals surface area contributed by atoms with Crippen molar-refractivity contribution in [3.05, 3.63) is 23.8 Å². The molecule has 2 unspecified atom stereocenters. The van der Waals surface area contributed by atoms with Gasteiger partial charge in [-0.25, -0.2) is 0 Å². The summed E-state index contributed by atoms with van der Waals surface area (Å²) in [6, 6.07) is 5.04. The van der Waals surface area contributed by atoms with Gasteiger partial charge >= 0.3 is 0 Å². The van der Waals surface area contributed by atoms with Crippen LogP contribution in [0, 0.1) is 0 Å². The highest BCUT2D eigenvalue weighted by molar-refractivity contribution is 5.95. The van der Waals surface area contributed by atoms with Gasteiger partial charge in [0.05, 0.1) is 11.7 Å². The summed E-state index contributed by atoms with van der Waals surface area (Å²) in [5, 5.41) is 5.83. The summed E-state index contributed by atoms with van der Waals surface area (Å²) in [7, 11) is 0. The fourth-order valence-corrected chi connectivity index (χ4v) is 1.92. The van der Waals surface area contributed by atoms with Crippen LogP contribution in [-0.2, 0) is 9.59 Å². The summed E-state index contributed by atoms with van der Waals surface area (Å²) in [5.41, 5.74) is 6.80. The molecule has 0 fully saturated rings.